The highest BCUT2D eigenvalue weighted by molar-refractivity contribution is 5.14. The van der Waals surface area contributed by atoms with Crippen LogP contribution in [0.25, 0.3) is 0 Å². The Morgan fingerprint density at radius 2 is 1.40 bits per heavy atom. The first-order chi connectivity index (χ1) is 1.73. The van der Waals surface area contributed by atoms with Crippen LogP contribution in [0.3, 0.4) is 0 Å². The SMILES string of the molecule is C=[N+]([O-])[O-].[NH4+]. The van der Waals surface area contributed by atoms with Gasteiger partial charge in [0.05, 0.1) is 0 Å². The number of quaternary nitrogens is 1. The van der Waals surface area contributed by atoms with Gasteiger partial charge in [0.1, 0.15) is 0 Å². The molecule has 0 spiro atoms. The van der Waals surface area contributed by atoms with Crippen LogP contribution in [0.1, 0.15) is 0 Å². The molecule has 0 amide bonds. The number of rotatable bonds is 0. The minimum absolute atomic E-state index is 0. The summed E-state index contributed by atoms with van der Waals surface area (Å²) in [5.41, 5.74) is 0. The van der Waals surface area contributed by atoms with Gasteiger partial charge < -0.3 is 16.6 Å². The second-order valence-electron chi connectivity index (χ2n) is 0.333. The van der Waals surface area contributed by atoms with Crippen LogP contribution in [0.4, 0.5) is 0 Å². The lowest BCUT2D eigenvalue weighted by Gasteiger charge is -1.94. The number of hydrogen-bond donors (Lipinski definition) is 1. The molecule has 0 aliphatic heterocycles. The first-order valence-electron chi connectivity index (χ1n) is 0.681. The van der Waals surface area contributed by atoms with Crippen molar-refractivity contribution in [3.8, 4) is 0 Å². The van der Waals surface area contributed by atoms with Gasteiger partial charge in [0, 0.05) is 0 Å². The predicted molar refractivity (Wildman–Crippen MR) is 20.1 cm³/mol. The number of hydrogen-bond acceptors (Lipinski definition) is 2. The predicted octanol–water partition coefficient (Wildman–Crippen LogP) is 0.0713. The van der Waals surface area contributed by atoms with Gasteiger partial charge >= 0.3 is 0 Å². The molecule has 5 heavy (non-hydrogen) atoms. The fraction of sp³-hybridized carbons (Fsp3) is 0. The van der Waals surface area contributed by atoms with Crippen molar-refractivity contribution < 1.29 is 4.90 Å². The minimum Gasteiger partial charge on any atom is -0.613 e. The van der Waals surface area contributed by atoms with Crippen LogP contribution in [0.5, 0.6) is 0 Å². The second-order valence-corrected chi connectivity index (χ2v) is 0.333. The Labute approximate surface area is 29.5 Å². The van der Waals surface area contributed by atoms with Crippen molar-refractivity contribution >= 4 is 6.72 Å². The van der Waals surface area contributed by atoms with Crippen LogP contribution >= 0.6 is 0 Å². The molecule has 0 rings (SSSR count). The van der Waals surface area contributed by atoms with E-state index >= 15 is 0 Å². The molecule has 0 aliphatic rings. The molecule has 0 bridgehead atoms. The summed E-state index contributed by atoms with van der Waals surface area (Å²) in [6.45, 7) is 2.36. The van der Waals surface area contributed by atoms with Crippen LogP contribution in [-0.4, -0.2) is 11.6 Å². The maximum Gasteiger partial charge on any atom is 0.150 e. The summed E-state index contributed by atoms with van der Waals surface area (Å²) in [5.74, 6) is 0. The molecule has 0 aromatic rings. The highest BCUT2D eigenvalue weighted by Gasteiger charge is 1.30. The van der Waals surface area contributed by atoms with E-state index in [2.05, 4.69) is 6.72 Å². The average Bonchev–Trinajstić information content (AvgIpc) is 0.811. The maximum absolute atomic E-state index is 8.69. The molecule has 4 nitrogen and oxygen atoms in total. The van der Waals surface area contributed by atoms with Gasteiger partial charge in [-0.25, -0.2) is 0 Å². The van der Waals surface area contributed by atoms with E-state index in [1.54, 1.807) is 0 Å². The van der Waals surface area contributed by atoms with E-state index in [9.17, 15) is 0 Å². The zero-order valence-corrected chi connectivity index (χ0v) is 2.97. The van der Waals surface area contributed by atoms with E-state index in [4.69, 9.17) is 10.4 Å². The van der Waals surface area contributed by atoms with E-state index in [0.29, 0.717) is 0 Å². The molecule has 0 radical (unpaired) electrons. The molecule has 0 saturated carbocycles. The molecule has 0 fully saturated rings. The van der Waals surface area contributed by atoms with Crippen molar-refractivity contribution in [1.29, 1.82) is 0 Å². The summed E-state index contributed by atoms with van der Waals surface area (Å²) in [6, 6.07) is 0. The smallest absolute Gasteiger partial charge is 0.150 e. The van der Waals surface area contributed by atoms with Gasteiger partial charge in [-0.1, -0.05) is 0 Å². The Kier molecular flexibility index (Phi) is 5.73. The first kappa shape index (κ1) is 8.87. The summed E-state index contributed by atoms with van der Waals surface area (Å²) in [5, 5.41) is 17.4. The molecule has 32 valence electrons. The summed E-state index contributed by atoms with van der Waals surface area (Å²) in [6.07, 6.45) is 0. The summed E-state index contributed by atoms with van der Waals surface area (Å²) < 4.78 is 0. The quantitative estimate of drug-likeness (QED) is 0.252. The summed E-state index contributed by atoms with van der Waals surface area (Å²) in [7, 11) is 0. The third-order valence-corrected chi connectivity index (χ3v) is 0. The fourth-order valence-corrected chi connectivity index (χ4v) is 0. The topological polar surface area (TPSA) is 85.6 Å². The summed E-state index contributed by atoms with van der Waals surface area (Å²) >= 11 is 0. The lowest BCUT2D eigenvalue weighted by molar-refractivity contribution is -0.368. The van der Waals surface area contributed by atoms with Crippen molar-refractivity contribution in [2.24, 2.45) is 0 Å². The molecular weight excluding hydrogens is 72.0 g/mol. The molecule has 0 saturated heterocycles. The molecule has 0 aromatic carbocycles. The second kappa shape index (κ2) is 3.23. The lowest BCUT2D eigenvalue weighted by Crippen LogP contribution is -1.78. The summed E-state index contributed by atoms with van der Waals surface area (Å²) in [4.78, 5) is -0.750. The highest BCUT2D eigenvalue weighted by atomic mass is 16.8. The van der Waals surface area contributed by atoms with Crippen molar-refractivity contribution in [2.75, 3.05) is 0 Å². The third-order valence-electron chi connectivity index (χ3n) is 0. The van der Waals surface area contributed by atoms with E-state index in [0.717, 1.165) is 0 Å². The monoisotopic (exact) mass is 78.0 g/mol. The lowest BCUT2D eigenvalue weighted by atomic mass is 11.7. The van der Waals surface area contributed by atoms with Gasteiger partial charge in [-0.15, -0.1) is 0 Å². The largest absolute Gasteiger partial charge is 0.613 e. The van der Waals surface area contributed by atoms with Gasteiger partial charge in [-0.2, -0.15) is 4.90 Å². The van der Waals surface area contributed by atoms with Crippen LogP contribution in [-0.2, 0) is 0 Å². The highest BCUT2D eigenvalue weighted by Crippen LogP contribution is 1.41. The van der Waals surface area contributed by atoms with Crippen LogP contribution in [0.15, 0.2) is 0 Å². The Morgan fingerprint density at radius 3 is 1.40 bits per heavy atom. The van der Waals surface area contributed by atoms with Crippen LogP contribution in [0.2, 0.25) is 0 Å². The molecular formula is CH6N2O2. The minimum atomic E-state index is -0.750. The van der Waals surface area contributed by atoms with Gasteiger partial charge in [0.15, 0.2) is 6.72 Å². The molecule has 0 aromatic heterocycles. The first-order valence-corrected chi connectivity index (χ1v) is 0.681. The van der Waals surface area contributed by atoms with Crippen molar-refractivity contribution in [1.82, 2.24) is 6.15 Å². The Balaban J connectivity index is 0. The Hall–Kier alpha value is -0.770. The maximum atomic E-state index is 8.69. The molecule has 0 heterocycles. The van der Waals surface area contributed by atoms with Gasteiger partial charge in [-0.3, -0.25) is 0 Å². The Morgan fingerprint density at radius 1 is 1.40 bits per heavy atom. The van der Waals surface area contributed by atoms with Gasteiger partial charge in [0.2, 0.25) is 0 Å². The zero-order valence-electron chi connectivity index (χ0n) is 2.97. The van der Waals surface area contributed by atoms with Crippen molar-refractivity contribution in [3.63, 3.8) is 0 Å². The van der Waals surface area contributed by atoms with Crippen molar-refractivity contribution in [3.05, 3.63) is 10.4 Å². The Bertz CT molecular complexity index is 30.6. The van der Waals surface area contributed by atoms with E-state index in [1.807, 2.05) is 0 Å². The van der Waals surface area contributed by atoms with Gasteiger partial charge in [0.25, 0.3) is 0 Å². The average molecular weight is 78.1 g/mol. The van der Waals surface area contributed by atoms with Crippen molar-refractivity contribution in [2.45, 2.75) is 0 Å². The van der Waals surface area contributed by atoms with E-state index < -0.39 is 4.90 Å². The van der Waals surface area contributed by atoms with E-state index in [1.165, 1.54) is 0 Å². The molecule has 0 atom stereocenters. The molecule has 4 heteroatoms. The molecule has 4 N–H and O–H groups in total. The normalized spacial score (nSPS) is 4.80. The zero-order chi connectivity index (χ0) is 3.58. The van der Waals surface area contributed by atoms with Crippen LogP contribution < -0.4 is 6.15 Å². The van der Waals surface area contributed by atoms with Gasteiger partial charge in [-0.05, 0) is 0 Å². The molecule has 0 unspecified atom stereocenters. The number of nitrogens with zero attached hydrogens (tertiary/aromatic N) is 1. The fourth-order valence-electron chi connectivity index (χ4n) is 0. The molecule has 0 aliphatic carbocycles. The van der Waals surface area contributed by atoms with E-state index in [-0.39, 0.29) is 6.15 Å². The standard InChI is InChI=1S/CH2NO2.H3N/c1-2(3)4;/h1H2;1H3/q-1;/p+1. The van der Waals surface area contributed by atoms with Crippen LogP contribution in [0, 0.1) is 10.4 Å². The third kappa shape index (κ3) is 8.24.